The Hall–Kier alpha value is -3.15. The predicted molar refractivity (Wildman–Crippen MR) is 101 cm³/mol. The summed E-state index contributed by atoms with van der Waals surface area (Å²) in [4.78, 5) is 37.7. The Morgan fingerprint density at radius 3 is 2.41 bits per heavy atom. The third-order valence-electron chi connectivity index (χ3n) is 4.74. The number of hydrogen-bond donors (Lipinski definition) is 2. The first-order valence-corrected chi connectivity index (χ1v) is 8.99. The van der Waals surface area contributed by atoms with Crippen molar-refractivity contribution in [3.05, 3.63) is 65.7 Å². The first-order valence-electron chi connectivity index (χ1n) is 8.99. The van der Waals surface area contributed by atoms with E-state index in [-0.39, 0.29) is 23.3 Å². The molecule has 6 nitrogen and oxygen atoms in total. The minimum atomic E-state index is -1.01. The van der Waals surface area contributed by atoms with Gasteiger partial charge in [0.05, 0.1) is 17.9 Å². The van der Waals surface area contributed by atoms with E-state index in [9.17, 15) is 14.4 Å². The Kier molecular flexibility index (Phi) is 5.86. The van der Waals surface area contributed by atoms with Crippen LogP contribution in [0, 0.1) is 5.92 Å². The van der Waals surface area contributed by atoms with Gasteiger partial charge in [0.1, 0.15) is 0 Å². The Labute approximate surface area is 157 Å². The van der Waals surface area contributed by atoms with Crippen LogP contribution >= 0.6 is 0 Å². The number of piperidine rings is 1. The Bertz CT molecular complexity index is 818. The fourth-order valence-electron chi connectivity index (χ4n) is 3.24. The molecule has 0 radical (unpaired) electrons. The summed E-state index contributed by atoms with van der Waals surface area (Å²) < 4.78 is 0. The predicted octanol–water partition coefficient (Wildman–Crippen LogP) is 2.80. The molecule has 140 valence electrons. The number of nitrogens with zero attached hydrogens (tertiary/aromatic N) is 1. The first-order chi connectivity index (χ1) is 13.0. The molecule has 1 aliphatic rings. The van der Waals surface area contributed by atoms with Crippen LogP contribution in [0.25, 0.3) is 0 Å². The molecule has 1 aliphatic heterocycles. The topological polar surface area (TPSA) is 86.7 Å². The highest BCUT2D eigenvalue weighted by molar-refractivity contribution is 5.94. The van der Waals surface area contributed by atoms with Crippen molar-refractivity contribution in [2.75, 3.05) is 18.4 Å². The largest absolute Gasteiger partial charge is 0.478 e. The number of likely N-dealkylation sites (tertiary alicyclic amines) is 1. The molecule has 2 aromatic rings. The molecule has 27 heavy (non-hydrogen) atoms. The zero-order valence-corrected chi connectivity index (χ0v) is 14.9. The molecule has 1 fully saturated rings. The minimum Gasteiger partial charge on any atom is -0.478 e. The average Bonchev–Trinajstić information content (AvgIpc) is 2.69. The number of carboxylic acid groups (broad SMARTS) is 1. The van der Waals surface area contributed by atoms with Crippen molar-refractivity contribution in [3.63, 3.8) is 0 Å². The van der Waals surface area contributed by atoms with E-state index >= 15 is 0 Å². The molecule has 0 aromatic heterocycles. The minimum absolute atomic E-state index is 0.0320. The van der Waals surface area contributed by atoms with Crippen molar-refractivity contribution in [2.45, 2.75) is 19.3 Å². The smallest absolute Gasteiger partial charge is 0.335 e. The van der Waals surface area contributed by atoms with Crippen LogP contribution in [-0.4, -0.2) is 40.9 Å². The molecule has 0 saturated carbocycles. The van der Waals surface area contributed by atoms with Crippen LogP contribution in [0.2, 0.25) is 0 Å². The molecule has 1 unspecified atom stereocenters. The van der Waals surface area contributed by atoms with E-state index in [0.717, 1.165) is 18.4 Å². The molecule has 2 N–H and O–H groups in total. The lowest BCUT2D eigenvalue weighted by molar-refractivity contribution is -0.133. The number of aromatic carboxylic acids is 1. The molecule has 1 atom stereocenters. The zero-order chi connectivity index (χ0) is 19.2. The molecule has 0 spiro atoms. The van der Waals surface area contributed by atoms with Crippen molar-refractivity contribution in [1.29, 1.82) is 0 Å². The van der Waals surface area contributed by atoms with Crippen molar-refractivity contribution in [3.8, 4) is 0 Å². The Morgan fingerprint density at radius 1 is 1.04 bits per heavy atom. The fraction of sp³-hybridized carbons (Fsp3) is 0.286. The van der Waals surface area contributed by atoms with E-state index in [4.69, 9.17) is 5.11 Å². The number of benzene rings is 2. The molecular weight excluding hydrogens is 344 g/mol. The number of carbonyl (C=O) groups excluding carboxylic acids is 2. The van der Waals surface area contributed by atoms with Gasteiger partial charge in [-0.3, -0.25) is 9.59 Å². The highest BCUT2D eigenvalue weighted by Gasteiger charge is 2.28. The fourth-order valence-corrected chi connectivity index (χ4v) is 3.24. The maximum atomic E-state index is 12.5. The molecule has 1 heterocycles. The lowest BCUT2D eigenvalue weighted by Gasteiger charge is -2.32. The van der Waals surface area contributed by atoms with Gasteiger partial charge in [0.25, 0.3) is 0 Å². The summed E-state index contributed by atoms with van der Waals surface area (Å²) in [5, 5.41) is 11.7. The highest BCUT2D eigenvalue weighted by atomic mass is 16.4. The maximum Gasteiger partial charge on any atom is 0.335 e. The quantitative estimate of drug-likeness (QED) is 0.852. The van der Waals surface area contributed by atoms with Gasteiger partial charge in [-0.1, -0.05) is 30.3 Å². The van der Waals surface area contributed by atoms with Crippen LogP contribution < -0.4 is 5.32 Å². The second kappa shape index (κ2) is 8.49. The van der Waals surface area contributed by atoms with E-state index < -0.39 is 5.97 Å². The van der Waals surface area contributed by atoms with Gasteiger partial charge in [-0.2, -0.15) is 0 Å². The molecule has 0 aliphatic carbocycles. The summed E-state index contributed by atoms with van der Waals surface area (Å²) in [7, 11) is 0. The normalized spacial score (nSPS) is 16.6. The number of carbonyl (C=O) groups is 3. The molecule has 2 amide bonds. The summed E-state index contributed by atoms with van der Waals surface area (Å²) in [6.45, 7) is 1.08. The third-order valence-corrected chi connectivity index (χ3v) is 4.74. The second-order valence-corrected chi connectivity index (χ2v) is 6.71. The summed E-state index contributed by atoms with van der Waals surface area (Å²) in [6.07, 6.45) is 1.86. The van der Waals surface area contributed by atoms with Crippen LogP contribution in [0.3, 0.4) is 0 Å². The zero-order valence-electron chi connectivity index (χ0n) is 14.9. The van der Waals surface area contributed by atoms with Crippen molar-refractivity contribution in [2.24, 2.45) is 5.92 Å². The van der Waals surface area contributed by atoms with Gasteiger partial charge < -0.3 is 15.3 Å². The van der Waals surface area contributed by atoms with Gasteiger partial charge in [-0.15, -0.1) is 0 Å². The van der Waals surface area contributed by atoms with Crippen LogP contribution in [0.5, 0.6) is 0 Å². The molecular formula is C21H22N2O4. The summed E-state index contributed by atoms with van der Waals surface area (Å²) in [5.41, 5.74) is 1.69. The van der Waals surface area contributed by atoms with Gasteiger partial charge in [0, 0.05) is 18.8 Å². The number of hydrogen-bond acceptors (Lipinski definition) is 3. The van der Waals surface area contributed by atoms with Crippen molar-refractivity contribution < 1.29 is 19.5 Å². The molecule has 3 rings (SSSR count). The number of nitrogens with one attached hydrogen (secondary N) is 1. The van der Waals surface area contributed by atoms with Crippen LogP contribution in [0.15, 0.2) is 54.6 Å². The van der Waals surface area contributed by atoms with Crippen LogP contribution in [0.4, 0.5) is 5.69 Å². The Balaban J connectivity index is 1.57. The lowest BCUT2D eigenvalue weighted by atomic mass is 9.96. The van der Waals surface area contributed by atoms with Gasteiger partial charge in [-0.05, 0) is 42.7 Å². The van der Waals surface area contributed by atoms with Gasteiger partial charge in [-0.25, -0.2) is 4.79 Å². The van der Waals surface area contributed by atoms with E-state index in [1.165, 1.54) is 12.1 Å². The lowest BCUT2D eigenvalue weighted by Crippen LogP contribution is -2.44. The van der Waals surface area contributed by atoms with Crippen molar-refractivity contribution in [1.82, 2.24) is 4.90 Å². The number of anilines is 1. The SMILES string of the molecule is O=C(O)c1ccc(NC(=O)C2CCCN(C(=O)Cc3ccccc3)C2)cc1. The average molecular weight is 366 g/mol. The van der Waals surface area contributed by atoms with Crippen molar-refractivity contribution >= 4 is 23.5 Å². The molecule has 6 heteroatoms. The summed E-state index contributed by atoms with van der Waals surface area (Å²) in [5.74, 6) is -1.38. The first kappa shape index (κ1) is 18.6. The number of amides is 2. The maximum absolute atomic E-state index is 12.5. The summed E-state index contributed by atoms with van der Waals surface area (Å²) >= 11 is 0. The van der Waals surface area contributed by atoms with Gasteiger partial charge >= 0.3 is 5.97 Å². The van der Waals surface area contributed by atoms with Gasteiger partial charge in [0.2, 0.25) is 11.8 Å². The monoisotopic (exact) mass is 366 g/mol. The molecule has 1 saturated heterocycles. The summed E-state index contributed by atoms with van der Waals surface area (Å²) in [6, 6.07) is 15.6. The van der Waals surface area contributed by atoms with E-state index in [1.807, 2.05) is 30.3 Å². The number of carboxylic acids is 1. The van der Waals surface area contributed by atoms with E-state index in [1.54, 1.807) is 17.0 Å². The number of rotatable bonds is 5. The van der Waals surface area contributed by atoms with E-state index in [2.05, 4.69) is 5.32 Å². The highest BCUT2D eigenvalue weighted by Crippen LogP contribution is 2.20. The molecule has 0 bridgehead atoms. The standard InChI is InChI=1S/C21H22N2O4/c24-19(13-15-5-2-1-3-6-15)23-12-4-7-17(14-23)20(25)22-18-10-8-16(9-11-18)21(26)27/h1-3,5-6,8-11,17H,4,7,12-14H2,(H,22,25)(H,26,27). The third kappa shape index (κ3) is 4.94. The van der Waals surface area contributed by atoms with Crippen LogP contribution in [-0.2, 0) is 16.0 Å². The van der Waals surface area contributed by atoms with Crippen LogP contribution in [0.1, 0.15) is 28.8 Å². The van der Waals surface area contributed by atoms with Gasteiger partial charge in [0.15, 0.2) is 0 Å². The van der Waals surface area contributed by atoms with E-state index in [0.29, 0.717) is 25.2 Å². The molecule has 2 aromatic carbocycles. The Morgan fingerprint density at radius 2 is 1.74 bits per heavy atom. The second-order valence-electron chi connectivity index (χ2n) is 6.71.